The Kier molecular flexibility index (Phi) is 7.87. The van der Waals surface area contributed by atoms with Crippen molar-refractivity contribution in [2.24, 2.45) is 0 Å². The normalized spacial score (nSPS) is 18.9. The van der Waals surface area contributed by atoms with Gasteiger partial charge in [0.1, 0.15) is 23.7 Å². The molecule has 0 unspecified atom stereocenters. The van der Waals surface area contributed by atoms with Gasteiger partial charge in [-0.15, -0.1) is 0 Å². The van der Waals surface area contributed by atoms with Gasteiger partial charge in [-0.25, -0.2) is 18.2 Å². The van der Waals surface area contributed by atoms with E-state index in [0.717, 1.165) is 17.2 Å². The molecule has 2 aliphatic rings. The first-order chi connectivity index (χ1) is 19.2. The van der Waals surface area contributed by atoms with Gasteiger partial charge in [-0.1, -0.05) is 29.8 Å². The number of anilines is 2. The highest BCUT2D eigenvalue weighted by molar-refractivity contribution is 8.01. The number of nitriles is 1. The van der Waals surface area contributed by atoms with Crippen LogP contribution in [0.2, 0.25) is 5.02 Å². The smallest absolute Gasteiger partial charge is 0.252 e. The van der Waals surface area contributed by atoms with Gasteiger partial charge >= 0.3 is 0 Å². The fourth-order valence-corrected chi connectivity index (χ4v) is 6.13. The van der Waals surface area contributed by atoms with Crippen molar-refractivity contribution in [1.29, 1.82) is 5.26 Å². The van der Waals surface area contributed by atoms with E-state index in [4.69, 9.17) is 11.6 Å². The van der Waals surface area contributed by atoms with E-state index in [1.165, 1.54) is 36.5 Å². The van der Waals surface area contributed by atoms with Crippen LogP contribution in [0, 0.1) is 17.1 Å². The van der Waals surface area contributed by atoms with Crippen LogP contribution >= 0.6 is 23.5 Å². The topological polar surface area (TPSA) is 102 Å². The van der Waals surface area contributed by atoms with E-state index in [1.54, 1.807) is 28.6 Å². The number of alkyl halides is 2. The van der Waals surface area contributed by atoms with Gasteiger partial charge in [-0.3, -0.25) is 23.8 Å². The van der Waals surface area contributed by atoms with E-state index < -0.39 is 54.5 Å². The lowest BCUT2D eigenvalue weighted by Crippen LogP contribution is -2.55. The van der Waals surface area contributed by atoms with Crippen molar-refractivity contribution in [3.8, 4) is 6.07 Å². The summed E-state index contributed by atoms with van der Waals surface area (Å²) in [4.78, 5) is 37.5. The highest BCUT2D eigenvalue weighted by Gasteiger charge is 2.48. The summed E-state index contributed by atoms with van der Waals surface area (Å²) >= 11 is 7.82. The van der Waals surface area contributed by atoms with Crippen LogP contribution in [-0.4, -0.2) is 45.5 Å². The summed E-state index contributed by atoms with van der Waals surface area (Å²) < 4.78 is 43.2. The minimum atomic E-state index is -2.88. The van der Waals surface area contributed by atoms with Gasteiger partial charge in [-0.05, 0) is 36.6 Å². The number of aromatic nitrogens is 2. The lowest BCUT2D eigenvalue weighted by Gasteiger charge is -2.39. The third kappa shape index (κ3) is 5.71. The van der Waals surface area contributed by atoms with Crippen LogP contribution in [-0.2, 0) is 9.59 Å². The average Bonchev–Trinajstić information content (AvgIpc) is 3.41. The second-order valence-electron chi connectivity index (χ2n) is 9.44. The number of amides is 2. The zero-order valence-corrected chi connectivity index (χ0v) is 22.4. The molecule has 2 aromatic heterocycles. The van der Waals surface area contributed by atoms with Crippen LogP contribution in [0.15, 0.2) is 61.1 Å². The number of halogens is 4. The van der Waals surface area contributed by atoms with Crippen molar-refractivity contribution in [3.63, 3.8) is 0 Å². The number of carbonyl (C=O) groups is 2. The SMILES string of the molecule is N#Cc1ccnc(N2SCC[C@H]2C(=O)N(c2cncc(F)c2)[C@H](C(=O)NC2CC(F)(F)C2)c2ccccc2Cl)c1. The Morgan fingerprint density at radius 3 is 2.70 bits per heavy atom. The third-order valence-electron chi connectivity index (χ3n) is 6.64. The minimum Gasteiger partial charge on any atom is -0.351 e. The molecule has 8 nitrogen and oxygen atoms in total. The third-order valence-corrected chi connectivity index (χ3v) is 8.12. The Morgan fingerprint density at radius 1 is 1.23 bits per heavy atom. The molecule has 0 spiro atoms. The largest absolute Gasteiger partial charge is 0.351 e. The van der Waals surface area contributed by atoms with E-state index in [2.05, 4.69) is 15.3 Å². The molecule has 3 heterocycles. The van der Waals surface area contributed by atoms with E-state index in [-0.39, 0.29) is 16.3 Å². The Balaban J connectivity index is 1.58. The molecular formula is C27H22ClF3N6O2S. The maximum absolute atomic E-state index is 14.4. The molecule has 1 aliphatic heterocycles. The van der Waals surface area contributed by atoms with Crippen LogP contribution in [0.25, 0.3) is 0 Å². The van der Waals surface area contributed by atoms with Crippen molar-refractivity contribution in [2.45, 2.75) is 43.3 Å². The van der Waals surface area contributed by atoms with Gasteiger partial charge in [-0.2, -0.15) is 5.26 Å². The molecule has 1 aromatic carbocycles. The predicted octanol–water partition coefficient (Wildman–Crippen LogP) is 5.06. The second-order valence-corrected chi connectivity index (χ2v) is 10.9. The molecule has 0 radical (unpaired) electrons. The lowest BCUT2D eigenvalue weighted by atomic mass is 9.87. The van der Waals surface area contributed by atoms with Crippen molar-refractivity contribution >= 4 is 46.9 Å². The summed E-state index contributed by atoms with van der Waals surface area (Å²) in [6.07, 6.45) is 2.96. The summed E-state index contributed by atoms with van der Waals surface area (Å²) in [5.74, 6) is -4.05. The Bertz CT molecular complexity index is 1480. The van der Waals surface area contributed by atoms with Gasteiger partial charge in [0.2, 0.25) is 5.91 Å². The molecule has 1 aliphatic carbocycles. The zero-order chi connectivity index (χ0) is 28.4. The second kappa shape index (κ2) is 11.3. The number of nitrogens with zero attached hydrogens (tertiary/aromatic N) is 5. The number of carbonyl (C=O) groups excluding carboxylic acids is 2. The number of benzene rings is 1. The van der Waals surface area contributed by atoms with E-state index in [9.17, 15) is 28.0 Å². The fourth-order valence-electron chi connectivity index (χ4n) is 4.76. The minimum absolute atomic E-state index is 0.0143. The molecule has 5 rings (SSSR count). The molecule has 40 heavy (non-hydrogen) atoms. The van der Waals surface area contributed by atoms with Gasteiger partial charge in [0.05, 0.1) is 29.7 Å². The molecule has 13 heteroatoms. The van der Waals surface area contributed by atoms with Crippen molar-refractivity contribution in [3.05, 3.63) is 83.0 Å². The molecule has 3 aromatic rings. The molecule has 0 bridgehead atoms. The van der Waals surface area contributed by atoms with Crippen molar-refractivity contribution in [1.82, 2.24) is 15.3 Å². The molecule has 2 amide bonds. The predicted molar refractivity (Wildman–Crippen MR) is 144 cm³/mol. The first-order valence-corrected chi connectivity index (χ1v) is 13.6. The lowest BCUT2D eigenvalue weighted by molar-refractivity contribution is -0.133. The van der Waals surface area contributed by atoms with Crippen LogP contribution in [0.1, 0.15) is 36.4 Å². The number of pyridine rings is 2. The molecule has 1 N–H and O–H groups in total. The molecule has 206 valence electrons. The molecule has 2 fully saturated rings. The Morgan fingerprint density at radius 2 is 2.00 bits per heavy atom. The fraction of sp³-hybridized carbons (Fsp3) is 0.296. The Labute approximate surface area is 237 Å². The highest BCUT2D eigenvalue weighted by atomic mass is 35.5. The molecule has 1 saturated heterocycles. The summed E-state index contributed by atoms with van der Waals surface area (Å²) in [5.41, 5.74) is 0.562. The number of nitrogens with one attached hydrogen (secondary N) is 1. The zero-order valence-electron chi connectivity index (χ0n) is 20.8. The summed E-state index contributed by atoms with van der Waals surface area (Å²) in [7, 11) is 0. The van der Waals surface area contributed by atoms with Crippen molar-refractivity contribution < 1.29 is 22.8 Å². The highest BCUT2D eigenvalue weighted by Crippen LogP contribution is 2.40. The van der Waals surface area contributed by atoms with Gasteiger partial charge < -0.3 is 5.32 Å². The monoisotopic (exact) mass is 586 g/mol. The Hall–Kier alpha value is -3.82. The maximum Gasteiger partial charge on any atom is 0.252 e. The number of hydrogen-bond donors (Lipinski definition) is 1. The van der Waals surface area contributed by atoms with E-state index >= 15 is 0 Å². The molecule has 2 atom stereocenters. The van der Waals surface area contributed by atoms with E-state index in [1.807, 2.05) is 6.07 Å². The van der Waals surface area contributed by atoms with Crippen LogP contribution in [0.4, 0.5) is 24.7 Å². The summed E-state index contributed by atoms with van der Waals surface area (Å²) in [6, 6.07) is 9.46. The molecule has 1 saturated carbocycles. The molecular weight excluding hydrogens is 565 g/mol. The average molecular weight is 587 g/mol. The maximum atomic E-state index is 14.4. The summed E-state index contributed by atoms with van der Waals surface area (Å²) in [6.45, 7) is 0. The standard InChI is InChI=1S/C27H22ClF3N6O2S/c28-21-4-2-1-3-20(21)24(25(38)35-18-11-27(30,31)12-18)36(19-10-17(29)14-33-15-19)26(39)22-6-8-40-37(22)23-9-16(13-32)5-7-34-23/h1-5,7,9-10,14-15,18,22,24H,6,8,11-12H2,(H,35,38)/t22-,24-/m0/s1. The first kappa shape index (κ1) is 27.7. The van der Waals surface area contributed by atoms with Crippen molar-refractivity contribution in [2.75, 3.05) is 15.0 Å². The van der Waals surface area contributed by atoms with Crippen LogP contribution < -0.4 is 14.5 Å². The van der Waals surface area contributed by atoms with Gasteiger partial charge in [0.15, 0.2) is 0 Å². The van der Waals surface area contributed by atoms with Crippen LogP contribution in [0.5, 0.6) is 0 Å². The summed E-state index contributed by atoms with van der Waals surface area (Å²) in [5, 5.41) is 12.1. The van der Waals surface area contributed by atoms with E-state index in [0.29, 0.717) is 23.6 Å². The number of hydrogen-bond acceptors (Lipinski definition) is 7. The van der Waals surface area contributed by atoms with Crippen LogP contribution in [0.3, 0.4) is 0 Å². The quantitative estimate of drug-likeness (QED) is 0.386. The number of rotatable bonds is 7. The van der Waals surface area contributed by atoms with Gasteiger partial charge in [0.25, 0.3) is 11.8 Å². The van der Waals surface area contributed by atoms with Gasteiger partial charge in [0, 0.05) is 47.5 Å². The first-order valence-electron chi connectivity index (χ1n) is 12.3.